The molecule has 3 rings (SSSR count). The van der Waals surface area contributed by atoms with Gasteiger partial charge in [-0.05, 0) is 25.5 Å². The molecule has 16 heavy (non-hydrogen) atoms. The van der Waals surface area contributed by atoms with E-state index in [9.17, 15) is 0 Å². The fourth-order valence-corrected chi connectivity index (χ4v) is 2.47. The van der Waals surface area contributed by atoms with E-state index in [0.717, 1.165) is 18.6 Å². The van der Waals surface area contributed by atoms with E-state index in [1.54, 1.807) is 6.33 Å². The third-order valence-corrected chi connectivity index (χ3v) is 3.34. The fourth-order valence-electron chi connectivity index (χ4n) is 2.47. The van der Waals surface area contributed by atoms with Gasteiger partial charge in [-0.15, -0.1) is 0 Å². The largest absolute Gasteiger partial charge is 0.316 e. The van der Waals surface area contributed by atoms with E-state index in [2.05, 4.69) is 40.4 Å². The highest BCUT2D eigenvalue weighted by Gasteiger charge is 2.20. The molecular formula is C13H15N3. The molecule has 3 nitrogen and oxygen atoms in total. The predicted octanol–water partition coefficient (Wildman–Crippen LogP) is 2.02. The maximum absolute atomic E-state index is 4.48. The molecular weight excluding hydrogens is 198 g/mol. The Kier molecular flexibility index (Phi) is 2.33. The van der Waals surface area contributed by atoms with Crippen LogP contribution in [0.25, 0.3) is 10.9 Å². The number of aryl methyl sites for hydroxylation is 1. The Hall–Kier alpha value is -1.48. The van der Waals surface area contributed by atoms with Gasteiger partial charge in [-0.2, -0.15) is 0 Å². The van der Waals surface area contributed by atoms with Crippen LogP contribution in [0.1, 0.15) is 23.6 Å². The molecule has 1 N–H and O–H groups in total. The van der Waals surface area contributed by atoms with Crippen LogP contribution < -0.4 is 5.32 Å². The Morgan fingerprint density at radius 1 is 1.31 bits per heavy atom. The van der Waals surface area contributed by atoms with Crippen molar-refractivity contribution in [3.8, 4) is 0 Å². The molecule has 0 amide bonds. The number of rotatable bonds is 1. The summed E-state index contributed by atoms with van der Waals surface area (Å²) in [5.41, 5.74) is 3.53. The molecule has 1 aliphatic heterocycles. The van der Waals surface area contributed by atoms with Gasteiger partial charge in [0.2, 0.25) is 0 Å². The molecule has 0 aliphatic carbocycles. The van der Waals surface area contributed by atoms with Gasteiger partial charge in [-0.25, -0.2) is 9.97 Å². The summed E-state index contributed by atoms with van der Waals surface area (Å²) in [4.78, 5) is 8.86. The van der Waals surface area contributed by atoms with Gasteiger partial charge < -0.3 is 5.32 Å². The minimum Gasteiger partial charge on any atom is -0.316 e. The van der Waals surface area contributed by atoms with E-state index in [4.69, 9.17) is 0 Å². The topological polar surface area (TPSA) is 37.8 Å². The van der Waals surface area contributed by atoms with Crippen LogP contribution in [0.2, 0.25) is 0 Å². The first kappa shape index (κ1) is 9.73. The maximum atomic E-state index is 4.48. The summed E-state index contributed by atoms with van der Waals surface area (Å²) in [6.07, 6.45) is 2.88. The molecule has 1 fully saturated rings. The normalized spacial score (nSPS) is 20.4. The van der Waals surface area contributed by atoms with Gasteiger partial charge in [0.25, 0.3) is 0 Å². The minimum absolute atomic E-state index is 0.548. The molecule has 0 saturated carbocycles. The summed E-state index contributed by atoms with van der Waals surface area (Å²) in [6, 6.07) is 6.33. The second-order valence-corrected chi connectivity index (χ2v) is 4.42. The first-order valence-electron chi connectivity index (χ1n) is 5.77. The lowest BCUT2D eigenvalue weighted by molar-refractivity contribution is 0.740. The monoisotopic (exact) mass is 213 g/mol. The van der Waals surface area contributed by atoms with E-state index in [-0.39, 0.29) is 0 Å². The zero-order chi connectivity index (χ0) is 11.0. The molecule has 1 unspecified atom stereocenters. The summed E-state index contributed by atoms with van der Waals surface area (Å²) in [5.74, 6) is 0.548. The van der Waals surface area contributed by atoms with E-state index >= 15 is 0 Å². The molecule has 1 saturated heterocycles. The van der Waals surface area contributed by atoms with Crippen molar-refractivity contribution in [3.05, 3.63) is 35.8 Å². The SMILES string of the molecule is Cc1cccc2c(C3CCNC3)ncnc12. The van der Waals surface area contributed by atoms with Crippen LogP contribution in [0.5, 0.6) is 0 Å². The molecule has 0 spiro atoms. The molecule has 1 atom stereocenters. The van der Waals surface area contributed by atoms with Crippen LogP contribution in [-0.4, -0.2) is 23.1 Å². The van der Waals surface area contributed by atoms with Crippen LogP contribution >= 0.6 is 0 Å². The average molecular weight is 213 g/mol. The van der Waals surface area contributed by atoms with Crippen molar-refractivity contribution in [3.63, 3.8) is 0 Å². The number of hydrogen-bond acceptors (Lipinski definition) is 3. The second-order valence-electron chi connectivity index (χ2n) is 4.42. The number of para-hydroxylation sites is 1. The zero-order valence-corrected chi connectivity index (χ0v) is 9.40. The minimum atomic E-state index is 0.548. The van der Waals surface area contributed by atoms with Crippen LogP contribution in [0, 0.1) is 6.92 Å². The van der Waals surface area contributed by atoms with Gasteiger partial charge in [-0.3, -0.25) is 0 Å². The molecule has 1 aromatic carbocycles. The van der Waals surface area contributed by atoms with Gasteiger partial charge in [0.05, 0.1) is 11.2 Å². The average Bonchev–Trinajstić information content (AvgIpc) is 2.82. The molecule has 3 heteroatoms. The lowest BCUT2D eigenvalue weighted by Gasteiger charge is -2.11. The smallest absolute Gasteiger partial charge is 0.116 e. The highest BCUT2D eigenvalue weighted by Crippen LogP contribution is 2.27. The second kappa shape index (κ2) is 3.83. The predicted molar refractivity (Wildman–Crippen MR) is 64.5 cm³/mol. The highest BCUT2D eigenvalue weighted by molar-refractivity contribution is 5.84. The lowest BCUT2D eigenvalue weighted by Crippen LogP contribution is -2.09. The third-order valence-electron chi connectivity index (χ3n) is 3.34. The standard InChI is InChI=1S/C13H15N3/c1-9-3-2-4-11-12(9)15-8-16-13(11)10-5-6-14-7-10/h2-4,8,10,14H,5-7H2,1H3. The molecule has 2 aromatic rings. The Balaban J connectivity index is 2.20. The van der Waals surface area contributed by atoms with Crippen molar-refractivity contribution in [1.29, 1.82) is 0 Å². The van der Waals surface area contributed by atoms with Crippen LogP contribution in [0.4, 0.5) is 0 Å². The molecule has 2 heterocycles. The summed E-state index contributed by atoms with van der Waals surface area (Å²) in [7, 11) is 0. The number of hydrogen-bond donors (Lipinski definition) is 1. The van der Waals surface area contributed by atoms with Gasteiger partial charge in [-0.1, -0.05) is 18.2 Å². The molecule has 0 radical (unpaired) electrons. The number of fused-ring (bicyclic) bond motifs is 1. The lowest BCUT2D eigenvalue weighted by atomic mass is 9.99. The molecule has 0 bridgehead atoms. The number of nitrogens with zero attached hydrogens (tertiary/aromatic N) is 2. The quantitative estimate of drug-likeness (QED) is 0.787. The molecule has 1 aromatic heterocycles. The maximum Gasteiger partial charge on any atom is 0.116 e. The number of benzene rings is 1. The van der Waals surface area contributed by atoms with Crippen molar-refractivity contribution >= 4 is 10.9 Å². The van der Waals surface area contributed by atoms with E-state index in [1.807, 2.05) is 0 Å². The van der Waals surface area contributed by atoms with Crippen LogP contribution in [0.3, 0.4) is 0 Å². The van der Waals surface area contributed by atoms with Gasteiger partial charge >= 0.3 is 0 Å². The van der Waals surface area contributed by atoms with E-state index in [1.165, 1.54) is 23.1 Å². The Bertz CT molecular complexity index is 516. The van der Waals surface area contributed by atoms with Gasteiger partial charge in [0.1, 0.15) is 6.33 Å². The van der Waals surface area contributed by atoms with Gasteiger partial charge in [0, 0.05) is 17.8 Å². The van der Waals surface area contributed by atoms with Gasteiger partial charge in [0.15, 0.2) is 0 Å². The van der Waals surface area contributed by atoms with Crippen LogP contribution in [0.15, 0.2) is 24.5 Å². The summed E-state index contributed by atoms with van der Waals surface area (Å²) in [5, 5.41) is 4.61. The number of aromatic nitrogens is 2. The van der Waals surface area contributed by atoms with E-state index < -0.39 is 0 Å². The Morgan fingerprint density at radius 3 is 3.06 bits per heavy atom. The van der Waals surface area contributed by atoms with E-state index in [0.29, 0.717) is 5.92 Å². The number of nitrogens with one attached hydrogen (secondary N) is 1. The Morgan fingerprint density at radius 2 is 2.25 bits per heavy atom. The van der Waals surface area contributed by atoms with Crippen molar-refractivity contribution in [1.82, 2.24) is 15.3 Å². The summed E-state index contributed by atoms with van der Waals surface area (Å²) in [6.45, 7) is 4.24. The molecule has 82 valence electrons. The van der Waals surface area contributed by atoms with Crippen molar-refractivity contribution in [2.45, 2.75) is 19.3 Å². The first-order valence-corrected chi connectivity index (χ1v) is 5.77. The van der Waals surface area contributed by atoms with Crippen molar-refractivity contribution in [2.75, 3.05) is 13.1 Å². The third kappa shape index (κ3) is 1.48. The first-order chi connectivity index (χ1) is 7.86. The molecule has 1 aliphatic rings. The summed E-state index contributed by atoms with van der Waals surface area (Å²) < 4.78 is 0. The summed E-state index contributed by atoms with van der Waals surface area (Å²) >= 11 is 0. The Labute approximate surface area is 94.9 Å². The highest BCUT2D eigenvalue weighted by atomic mass is 14.9. The van der Waals surface area contributed by atoms with Crippen LogP contribution in [-0.2, 0) is 0 Å². The zero-order valence-electron chi connectivity index (χ0n) is 9.40. The van der Waals surface area contributed by atoms with Crippen molar-refractivity contribution in [2.24, 2.45) is 0 Å². The van der Waals surface area contributed by atoms with Crippen molar-refractivity contribution < 1.29 is 0 Å². The fraction of sp³-hybridized carbons (Fsp3) is 0.385.